The van der Waals surface area contributed by atoms with E-state index in [1.54, 1.807) is 24.3 Å². The van der Waals surface area contributed by atoms with Crippen molar-refractivity contribution in [2.45, 2.75) is 19.2 Å². The van der Waals surface area contributed by atoms with Crippen LogP contribution in [0.3, 0.4) is 0 Å². The standard InChI is InChI=1S/C21H16F3NO4/c1-2-6-17-19(29-20(26)27-13-14-7-4-3-5-8-14)28-18(25-17)15-9-11-16(12-10-15)21(22,23)24/h2-5,7-12H,1,6,13H2. The minimum Gasteiger partial charge on any atom is -0.429 e. The minimum atomic E-state index is -4.44. The lowest BCUT2D eigenvalue weighted by atomic mass is 10.1. The van der Waals surface area contributed by atoms with Crippen LogP contribution in [0.2, 0.25) is 0 Å². The third-order valence-corrected chi connectivity index (χ3v) is 3.83. The number of alkyl halides is 3. The van der Waals surface area contributed by atoms with Crippen LogP contribution in [0.15, 0.2) is 71.7 Å². The van der Waals surface area contributed by atoms with E-state index in [2.05, 4.69) is 11.6 Å². The second-order valence-corrected chi connectivity index (χ2v) is 5.95. The Balaban J connectivity index is 1.74. The van der Waals surface area contributed by atoms with Crippen molar-refractivity contribution in [1.82, 2.24) is 4.98 Å². The summed E-state index contributed by atoms with van der Waals surface area (Å²) in [6.45, 7) is 3.60. The van der Waals surface area contributed by atoms with Crippen LogP contribution in [0.25, 0.3) is 11.5 Å². The van der Waals surface area contributed by atoms with E-state index in [0.717, 1.165) is 17.7 Å². The number of rotatable bonds is 6. The summed E-state index contributed by atoms with van der Waals surface area (Å²) in [4.78, 5) is 16.1. The predicted octanol–water partition coefficient (Wildman–Crippen LogP) is 5.80. The van der Waals surface area contributed by atoms with Crippen LogP contribution in [-0.4, -0.2) is 11.1 Å². The summed E-state index contributed by atoms with van der Waals surface area (Å²) in [5.41, 5.74) is 0.557. The first-order valence-electron chi connectivity index (χ1n) is 8.53. The second kappa shape index (κ2) is 8.64. The Kier molecular flexibility index (Phi) is 6.01. The number of carbonyl (C=O) groups is 1. The zero-order valence-corrected chi connectivity index (χ0v) is 15.1. The van der Waals surface area contributed by atoms with Gasteiger partial charge in [0.2, 0.25) is 5.89 Å². The summed E-state index contributed by atoms with van der Waals surface area (Å²) < 4.78 is 53.7. The Morgan fingerprint density at radius 1 is 1.10 bits per heavy atom. The van der Waals surface area contributed by atoms with Crippen LogP contribution in [0, 0.1) is 0 Å². The number of aromatic nitrogens is 1. The third kappa shape index (κ3) is 5.25. The van der Waals surface area contributed by atoms with Crippen LogP contribution < -0.4 is 4.74 Å². The molecule has 5 nitrogen and oxygen atoms in total. The molecule has 8 heteroatoms. The molecule has 0 atom stereocenters. The van der Waals surface area contributed by atoms with Gasteiger partial charge in [0.05, 0.1) is 5.56 Å². The number of oxazole rings is 1. The summed E-state index contributed by atoms with van der Waals surface area (Å²) in [7, 11) is 0. The van der Waals surface area contributed by atoms with Crippen molar-refractivity contribution >= 4 is 6.16 Å². The third-order valence-electron chi connectivity index (χ3n) is 3.83. The monoisotopic (exact) mass is 403 g/mol. The number of allylic oxidation sites excluding steroid dienone is 1. The molecule has 0 aliphatic heterocycles. The lowest BCUT2D eigenvalue weighted by Crippen LogP contribution is -2.11. The summed E-state index contributed by atoms with van der Waals surface area (Å²) in [6, 6.07) is 13.3. The normalized spacial score (nSPS) is 11.1. The van der Waals surface area contributed by atoms with Crippen molar-refractivity contribution in [2.24, 2.45) is 0 Å². The van der Waals surface area contributed by atoms with Gasteiger partial charge in [-0.2, -0.15) is 13.2 Å². The van der Waals surface area contributed by atoms with Gasteiger partial charge >= 0.3 is 18.3 Å². The van der Waals surface area contributed by atoms with E-state index in [-0.39, 0.29) is 30.6 Å². The molecular formula is C21H16F3NO4. The number of ether oxygens (including phenoxy) is 2. The van der Waals surface area contributed by atoms with Crippen LogP contribution in [0.5, 0.6) is 5.95 Å². The molecule has 0 aliphatic rings. The van der Waals surface area contributed by atoms with Gasteiger partial charge < -0.3 is 13.9 Å². The molecule has 0 saturated heterocycles. The molecule has 3 aromatic rings. The van der Waals surface area contributed by atoms with Crippen molar-refractivity contribution in [2.75, 3.05) is 0 Å². The molecular weight excluding hydrogens is 387 g/mol. The Morgan fingerprint density at radius 3 is 2.41 bits per heavy atom. The van der Waals surface area contributed by atoms with Gasteiger partial charge in [-0.15, -0.1) is 6.58 Å². The van der Waals surface area contributed by atoms with Crippen LogP contribution in [0.4, 0.5) is 18.0 Å². The zero-order chi connectivity index (χ0) is 20.9. The van der Waals surface area contributed by atoms with Gasteiger partial charge in [0, 0.05) is 12.0 Å². The van der Waals surface area contributed by atoms with Gasteiger partial charge in [-0.05, 0) is 29.8 Å². The molecule has 1 aromatic heterocycles. The molecule has 0 unspecified atom stereocenters. The SMILES string of the molecule is C=CCc1nc(-c2ccc(C(F)(F)F)cc2)oc1OC(=O)OCc1ccccc1. The van der Waals surface area contributed by atoms with E-state index in [0.29, 0.717) is 5.56 Å². The van der Waals surface area contributed by atoms with Crippen molar-refractivity contribution in [3.05, 3.63) is 84.1 Å². The Hall–Kier alpha value is -3.55. The van der Waals surface area contributed by atoms with Gasteiger partial charge in [-0.1, -0.05) is 36.4 Å². The van der Waals surface area contributed by atoms with E-state index in [1.165, 1.54) is 18.2 Å². The molecule has 0 spiro atoms. The van der Waals surface area contributed by atoms with Gasteiger partial charge in [0.25, 0.3) is 0 Å². The maximum atomic E-state index is 12.7. The van der Waals surface area contributed by atoms with E-state index < -0.39 is 17.9 Å². The molecule has 0 bridgehead atoms. The topological polar surface area (TPSA) is 61.6 Å². The summed E-state index contributed by atoms with van der Waals surface area (Å²) in [6.07, 6.45) is -3.68. The fourth-order valence-corrected chi connectivity index (χ4v) is 2.43. The highest BCUT2D eigenvalue weighted by molar-refractivity contribution is 5.64. The number of halogens is 3. The van der Waals surface area contributed by atoms with Crippen LogP contribution >= 0.6 is 0 Å². The van der Waals surface area contributed by atoms with Gasteiger partial charge in [-0.3, -0.25) is 0 Å². The predicted molar refractivity (Wildman–Crippen MR) is 98.1 cm³/mol. The van der Waals surface area contributed by atoms with E-state index >= 15 is 0 Å². The second-order valence-electron chi connectivity index (χ2n) is 5.95. The average molecular weight is 403 g/mol. The van der Waals surface area contributed by atoms with Crippen molar-refractivity contribution in [1.29, 1.82) is 0 Å². The first-order chi connectivity index (χ1) is 13.9. The number of nitrogens with zero attached hydrogens (tertiary/aromatic N) is 1. The van der Waals surface area contributed by atoms with Crippen LogP contribution in [0.1, 0.15) is 16.8 Å². The Morgan fingerprint density at radius 2 is 1.79 bits per heavy atom. The van der Waals surface area contributed by atoms with E-state index in [9.17, 15) is 18.0 Å². The molecule has 2 aromatic carbocycles. The molecule has 29 heavy (non-hydrogen) atoms. The fraction of sp³-hybridized carbons (Fsp3) is 0.143. The molecule has 0 N–H and O–H groups in total. The van der Waals surface area contributed by atoms with Gasteiger partial charge in [0.15, 0.2) is 0 Å². The van der Waals surface area contributed by atoms with E-state index in [1.807, 2.05) is 6.07 Å². The highest BCUT2D eigenvalue weighted by Gasteiger charge is 2.30. The highest BCUT2D eigenvalue weighted by Crippen LogP contribution is 2.32. The molecule has 0 aliphatic carbocycles. The number of carbonyl (C=O) groups excluding carboxylic acids is 1. The maximum Gasteiger partial charge on any atom is 0.516 e. The lowest BCUT2D eigenvalue weighted by molar-refractivity contribution is -0.137. The molecule has 0 fully saturated rings. The van der Waals surface area contributed by atoms with Gasteiger partial charge in [0.1, 0.15) is 12.3 Å². The van der Waals surface area contributed by atoms with Crippen LogP contribution in [-0.2, 0) is 23.9 Å². The van der Waals surface area contributed by atoms with Crippen molar-refractivity contribution in [3.63, 3.8) is 0 Å². The molecule has 150 valence electrons. The number of hydrogen-bond acceptors (Lipinski definition) is 5. The molecule has 0 radical (unpaired) electrons. The first-order valence-corrected chi connectivity index (χ1v) is 8.53. The average Bonchev–Trinajstić information content (AvgIpc) is 3.09. The van der Waals surface area contributed by atoms with E-state index in [4.69, 9.17) is 13.9 Å². The summed E-state index contributed by atoms with van der Waals surface area (Å²) in [5.74, 6) is -0.181. The number of hydrogen-bond donors (Lipinski definition) is 0. The lowest BCUT2D eigenvalue weighted by Gasteiger charge is -2.06. The maximum absolute atomic E-state index is 12.7. The Bertz CT molecular complexity index is 979. The van der Waals surface area contributed by atoms with Crippen molar-refractivity contribution < 1.29 is 31.9 Å². The summed E-state index contributed by atoms with van der Waals surface area (Å²) in [5, 5.41) is 0. The molecule has 1 heterocycles. The number of benzene rings is 2. The van der Waals surface area contributed by atoms with Gasteiger partial charge in [-0.25, -0.2) is 9.78 Å². The molecule has 0 amide bonds. The minimum absolute atomic E-state index is 0.0103. The Labute approximate surface area is 164 Å². The quantitative estimate of drug-likeness (QED) is 0.384. The zero-order valence-electron chi connectivity index (χ0n) is 15.1. The summed E-state index contributed by atoms with van der Waals surface area (Å²) >= 11 is 0. The van der Waals surface area contributed by atoms with Crippen molar-refractivity contribution in [3.8, 4) is 17.4 Å². The first kappa shape index (κ1) is 20.2. The smallest absolute Gasteiger partial charge is 0.429 e. The fourth-order valence-electron chi connectivity index (χ4n) is 2.43. The largest absolute Gasteiger partial charge is 0.516 e. The highest BCUT2D eigenvalue weighted by atomic mass is 19.4. The molecule has 0 saturated carbocycles. The molecule has 3 rings (SSSR count).